The predicted octanol–water partition coefficient (Wildman–Crippen LogP) is -0.490. The maximum absolute atomic E-state index is 10.5. The molecule has 0 unspecified atom stereocenters. The molecule has 0 radical (unpaired) electrons. The van der Waals surface area contributed by atoms with E-state index in [9.17, 15) is 9.59 Å². The normalized spacial score (nSPS) is 10.2. The van der Waals surface area contributed by atoms with Crippen LogP contribution in [0.4, 0.5) is 0 Å². The molecule has 0 fully saturated rings. The van der Waals surface area contributed by atoms with Crippen molar-refractivity contribution in [3.63, 3.8) is 0 Å². The molecule has 0 saturated heterocycles. The summed E-state index contributed by atoms with van der Waals surface area (Å²) in [4.78, 5) is 20.6. The third-order valence-corrected chi connectivity index (χ3v) is 1.56. The molecule has 6 nitrogen and oxygen atoms in total. The number of unbranched alkanes of at least 4 members (excludes halogenated alkanes) is 1. The van der Waals surface area contributed by atoms with Gasteiger partial charge >= 0.3 is 11.6 Å². The van der Waals surface area contributed by atoms with Crippen LogP contribution < -0.4 is 10.3 Å². The Kier molecular flexibility index (Phi) is 3.24. The zero-order chi connectivity index (χ0) is 9.68. The molecule has 0 aliphatic rings. The molecule has 0 saturated carbocycles. The summed E-state index contributed by atoms with van der Waals surface area (Å²) in [5.41, 5.74) is -0.432. The number of aryl methyl sites for hydroxylation is 1. The summed E-state index contributed by atoms with van der Waals surface area (Å²) in [6.45, 7) is 0.568. The molecule has 2 N–H and O–H groups in total. The molecule has 1 aromatic heterocycles. The van der Waals surface area contributed by atoms with Gasteiger partial charge in [0.2, 0.25) is 0 Å². The van der Waals surface area contributed by atoms with Gasteiger partial charge < -0.3 is 5.11 Å². The van der Waals surface area contributed by atoms with Gasteiger partial charge in [-0.25, -0.2) is 4.79 Å². The second-order valence-electron chi connectivity index (χ2n) is 2.69. The number of hydrogen-bond acceptors (Lipinski definition) is 3. The predicted molar refractivity (Wildman–Crippen MR) is 41.0 cm³/mol. The highest BCUT2D eigenvalue weighted by atomic mass is 16.5. The van der Waals surface area contributed by atoms with Gasteiger partial charge in [-0.05, 0) is 11.7 Å². The van der Waals surface area contributed by atoms with Crippen molar-refractivity contribution in [3.05, 3.63) is 16.6 Å². The first kappa shape index (κ1) is 9.50. The number of rotatable bonds is 5. The lowest BCUT2D eigenvalue weighted by molar-refractivity contribution is -0.762. The summed E-state index contributed by atoms with van der Waals surface area (Å²) in [6.07, 6.45) is 2.74. The van der Waals surface area contributed by atoms with Crippen LogP contribution >= 0.6 is 0 Å². The van der Waals surface area contributed by atoms with Gasteiger partial charge in [0, 0.05) is 12.8 Å². The van der Waals surface area contributed by atoms with Gasteiger partial charge in [-0.3, -0.25) is 9.32 Å². The molecule has 6 heteroatoms. The van der Waals surface area contributed by atoms with Crippen molar-refractivity contribution in [2.45, 2.75) is 25.8 Å². The van der Waals surface area contributed by atoms with Crippen LogP contribution in [-0.2, 0) is 11.3 Å². The molecule has 0 atom stereocenters. The van der Waals surface area contributed by atoms with Crippen LogP contribution in [0.2, 0.25) is 0 Å². The molecular weight excluding hydrogens is 176 g/mol. The lowest BCUT2D eigenvalue weighted by Gasteiger charge is -1.90. The van der Waals surface area contributed by atoms with Crippen LogP contribution in [0.1, 0.15) is 19.3 Å². The van der Waals surface area contributed by atoms with E-state index in [2.05, 4.69) is 9.79 Å². The van der Waals surface area contributed by atoms with Gasteiger partial charge in [-0.15, -0.1) is 0 Å². The molecule has 1 aromatic rings. The zero-order valence-electron chi connectivity index (χ0n) is 7.02. The lowest BCUT2D eigenvalue weighted by atomic mass is 10.2. The van der Waals surface area contributed by atoms with E-state index < -0.39 is 11.6 Å². The van der Waals surface area contributed by atoms with Crippen molar-refractivity contribution in [2.24, 2.45) is 0 Å². The van der Waals surface area contributed by atoms with Crippen LogP contribution in [0.3, 0.4) is 0 Å². The second kappa shape index (κ2) is 4.44. The van der Waals surface area contributed by atoms with Crippen LogP contribution in [0.25, 0.3) is 0 Å². The fourth-order valence-electron chi connectivity index (χ4n) is 0.952. The number of carboxylic acids is 1. The summed E-state index contributed by atoms with van der Waals surface area (Å²) < 4.78 is 5.90. The summed E-state index contributed by atoms with van der Waals surface area (Å²) in [5, 5.41) is 10.7. The van der Waals surface area contributed by atoms with Crippen molar-refractivity contribution in [1.29, 1.82) is 0 Å². The number of aromatic amines is 1. The quantitative estimate of drug-likeness (QED) is 0.481. The number of aromatic nitrogens is 2. The highest BCUT2D eigenvalue weighted by molar-refractivity contribution is 5.66. The third kappa shape index (κ3) is 3.55. The SMILES string of the molecule is O=C(O)CCCC[n+]1cc(=O)o[nH]1. The van der Waals surface area contributed by atoms with E-state index in [1.54, 1.807) is 0 Å². The lowest BCUT2D eigenvalue weighted by Crippen LogP contribution is -2.35. The summed E-state index contributed by atoms with van der Waals surface area (Å²) in [6, 6.07) is 0. The van der Waals surface area contributed by atoms with Crippen molar-refractivity contribution in [2.75, 3.05) is 0 Å². The van der Waals surface area contributed by atoms with E-state index in [-0.39, 0.29) is 6.42 Å². The van der Waals surface area contributed by atoms with Crippen molar-refractivity contribution in [1.82, 2.24) is 5.27 Å². The first-order chi connectivity index (χ1) is 6.18. The monoisotopic (exact) mass is 187 g/mol. The highest BCUT2D eigenvalue weighted by Crippen LogP contribution is 1.93. The van der Waals surface area contributed by atoms with E-state index >= 15 is 0 Å². The Labute approximate surface area is 73.7 Å². The van der Waals surface area contributed by atoms with Crippen LogP contribution in [0, 0.1) is 0 Å². The van der Waals surface area contributed by atoms with E-state index in [0.717, 1.165) is 0 Å². The van der Waals surface area contributed by atoms with Gasteiger partial charge in [-0.1, -0.05) is 4.68 Å². The summed E-state index contributed by atoms with van der Waals surface area (Å²) in [7, 11) is 0. The largest absolute Gasteiger partial charge is 0.481 e. The minimum absolute atomic E-state index is 0.155. The van der Waals surface area contributed by atoms with E-state index in [1.807, 2.05) is 0 Å². The number of aliphatic carboxylic acids is 1. The number of nitrogens with zero attached hydrogens (tertiary/aromatic N) is 1. The van der Waals surface area contributed by atoms with Gasteiger partial charge in [0.1, 0.15) is 0 Å². The maximum atomic E-state index is 10.5. The zero-order valence-corrected chi connectivity index (χ0v) is 7.02. The molecule has 0 amide bonds. The number of carboxylic acid groups (broad SMARTS) is 1. The molecule has 0 aromatic carbocycles. The fraction of sp³-hybridized carbons (Fsp3) is 0.571. The molecule has 1 heterocycles. The molecule has 0 spiro atoms. The van der Waals surface area contributed by atoms with Crippen molar-refractivity contribution in [3.8, 4) is 0 Å². The molecule has 1 rings (SSSR count). The average Bonchev–Trinajstić information content (AvgIpc) is 2.45. The minimum atomic E-state index is -0.800. The van der Waals surface area contributed by atoms with Crippen molar-refractivity contribution >= 4 is 5.97 Å². The van der Waals surface area contributed by atoms with Crippen molar-refractivity contribution < 1.29 is 19.1 Å². The highest BCUT2D eigenvalue weighted by Gasteiger charge is 2.05. The topological polar surface area (TPSA) is 87.2 Å². The molecule has 0 aliphatic heterocycles. The Hall–Kier alpha value is -1.59. The number of H-pyrrole nitrogens is 1. The Bertz CT molecular complexity index is 327. The smallest absolute Gasteiger partial charge is 0.426 e. The number of carbonyl (C=O) groups is 1. The first-order valence-corrected chi connectivity index (χ1v) is 3.98. The molecule has 13 heavy (non-hydrogen) atoms. The average molecular weight is 187 g/mol. The first-order valence-electron chi connectivity index (χ1n) is 3.98. The molecule has 0 aliphatic carbocycles. The van der Waals surface area contributed by atoms with Gasteiger partial charge in [0.15, 0.2) is 6.54 Å². The van der Waals surface area contributed by atoms with Crippen LogP contribution in [0.5, 0.6) is 0 Å². The molecule has 0 bridgehead atoms. The Morgan fingerprint density at radius 2 is 2.38 bits per heavy atom. The number of hydrogen-bond donors (Lipinski definition) is 2. The van der Waals surface area contributed by atoms with Crippen LogP contribution in [0.15, 0.2) is 15.5 Å². The minimum Gasteiger partial charge on any atom is -0.481 e. The second-order valence-corrected chi connectivity index (χ2v) is 2.69. The Morgan fingerprint density at radius 1 is 1.62 bits per heavy atom. The summed E-state index contributed by atoms with van der Waals surface area (Å²) >= 11 is 0. The fourth-order valence-corrected chi connectivity index (χ4v) is 0.952. The van der Waals surface area contributed by atoms with E-state index in [4.69, 9.17) is 5.11 Å². The molecular formula is C7H11N2O4+. The standard InChI is InChI=1S/C7H10N2O4/c10-6(11)3-1-2-4-9-5-7(12)13-8-9/h5H,1-4H2,(H-,8,10,11,12)/p+1. The number of nitrogens with one attached hydrogen (secondary N) is 1. The summed E-state index contributed by atoms with van der Waals surface area (Å²) in [5.74, 6) is -0.800. The van der Waals surface area contributed by atoms with Gasteiger partial charge in [0.25, 0.3) is 6.20 Å². The van der Waals surface area contributed by atoms with Gasteiger partial charge in [0.05, 0.1) is 0 Å². The Balaban J connectivity index is 2.20. The van der Waals surface area contributed by atoms with Crippen LogP contribution in [-0.4, -0.2) is 16.3 Å². The maximum Gasteiger partial charge on any atom is 0.426 e. The Morgan fingerprint density at radius 3 is 2.92 bits per heavy atom. The third-order valence-electron chi connectivity index (χ3n) is 1.56. The van der Waals surface area contributed by atoms with E-state index in [0.29, 0.717) is 19.4 Å². The van der Waals surface area contributed by atoms with Gasteiger partial charge in [-0.2, -0.15) is 0 Å². The molecule has 72 valence electrons. The van der Waals surface area contributed by atoms with E-state index in [1.165, 1.54) is 10.9 Å².